The van der Waals surface area contributed by atoms with Crippen LogP contribution in [0.15, 0.2) is 18.2 Å². The lowest BCUT2D eigenvalue weighted by Crippen LogP contribution is -2.35. The zero-order chi connectivity index (χ0) is 13.5. The van der Waals surface area contributed by atoms with Crippen molar-refractivity contribution in [1.82, 2.24) is 10.6 Å². The lowest BCUT2D eigenvalue weighted by molar-refractivity contribution is -0.120. The number of aromatic hydroxyl groups is 2. The summed E-state index contributed by atoms with van der Waals surface area (Å²) >= 11 is 0. The second kappa shape index (κ2) is 6.86. The van der Waals surface area contributed by atoms with Crippen LogP contribution in [-0.4, -0.2) is 29.2 Å². The van der Waals surface area contributed by atoms with Gasteiger partial charge < -0.3 is 20.8 Å². The minimum atomic E-state index is -0.0676. The molecule has 1 aromatic rings. The lowest BCUT2D eigenvalue weighted by atomic mass is 10.2. The molecule has 0 fully saturated rings. The summed E-state index contributed by atoms with van der Waals surface area (Å²) < 4.78 is 0. The fourth-order valence-corrected chi connectivity index (χ4v) is 1.39. The highest BCUT2D eigenvalue weighted by Crippen LogP contribution is 2.21. The van der Waals surface area contributed by atoms with Gasteiger partial charge in [0, 0.05) is 24.7 Å². The van der Waals surface area contributed by atoms with Crippen LogP contribution in [0.25, 0.3) is 0 Å². The van der Waals surface area contributed by atoms with Crippen molar-refractivity contribution in [3.8, 4) is 11.5 Å². The molecule has 5 nitrogen and oxygen atoms in total. The third-order valence-electron chi connectivity index (χ3n) is 2.38. The van der Waals surface area contributed by atoms with Gasteiger partial charge >= 0.3 is 0 Å². The van der Waals surface area contributed by atoms with Crippen molar-refractivity contribution < 1.29 is 15.0 Å². The van der Waals surface area contributed by atoms with Gasteiger partial charge in [-0.3, -0.25) is 4.79 Å². The molecule has 0 saturated carbocycles. The van der Waals surface area contributed by atoms with Crippen molar-refractivity contribution in [2.75, 3.05) is 13.1 Å². The molecule has 0 unspecified atom stereocenters. The van der Waals surface area contributed by atoms with Crippen LogP contribution in [0.4, 0.5) is 0 Å². The van der Waals surface area contributed by atoms with E-state index in [2.05, 4.69) is 10.6 Å². The first-order chi connectivity index (χ1) is 8.49. The average Bonchev–Trinajstić information content (AvgIpc) is 2.29. The van der Waals surface area contributed by atoms with Gasteiger partial charge in [-0.15, -0.1) is 0 Å². The molecule has 0 aliphatic carbocycles. The second-order valence-corrected chi connectivity index (χ2v) is 4.61. The van der Waals surface area contributed by atoms with E-state index in [0.717, 1.165) is 0 Å². The first-order valence-corrected chi connectivity index (χ1v) is 5.97. The topological polar surface area (TPSA) is 81.6 Å². The van der Waals surface area contributed by atoms with Crippen molar-refractivity contribution in [2.45, 2.75) is 20.4 Å². The number of phenols is 2. The molecule has 5 heteroatoms. The highest BCUT2D eigenvalue weighted by molar-refractivity contribution is 5.77. The molecule has 0 bridgehead atoms. The van der Waals surface area contributed by atoms with Crippen LogP contribution >= 0.6 is 0 Å². The summed E-state index contributed by atoms with van der Waals surface area (Å²) in [6.45, 7) is 5.30. The fraction of sp³-hybridized carbons (Fsp3) is 0.462. The van der Waals surface area contributed by atoms with Gasteiger partial charge in [-0.25, -0.2) is 0 Å². The molecule has 100 valence electrons. The maximum atomic E-state index is 11.4. The van der Waals surface area contributed by atoms with E-state index < -0.39 is 0 Å². The van der Waals surface area contributed by atoms with Crippen molar-refractivity contribution in [2.24, 2.45) is 5.92 Å². The molecule has 0 aromatic heterocycles. The van der Waals surface area contributed by atoms with E-state index in [1.807, 2.05) is 13.8 Å². The van der Waals surface area contributed by atoms with Gasteiger partial charge in [0.1, 0.15) is 11.5 Å². The van der Waals surface area contributed by atoms with Crippen molar-refractivity contribution in [3.63, 3.8) is 0 Å². The summed E-state index contributed by atoms with van der Waals surface area (Å²) in [4.78, 5) is 11.4. The Morgan fingerprint density at radius 3 is 2.67 bits per heavy atom. The average molecular weight is 252 g/mol. The molecule has 0 aliphatic heterocycles. The molecule has 1 rings (SSSR count). The molecule has 4 N–H and O–H groups in total. The Kier molecular flexibility index (Phi) is 5.45. The summed E-state index contributed by atoms with van der Waals surface area (Å²) in [7, 11) is 0. The molecular formula is C13H20N2O3. The van der Waals surface area contributed by atoms with Gasteiger partial charge in [0.25, 0.3) is 0 Å². The van der Waals surface area contributed by atoms with Gasteiger partial charge in [0.15, 0.2) is 0 Å². The Bertz CT molecular complexity index is 405. The van der Waals surface area contributed by atoms with Gasteiger partial charge in [-0.1, -0.05) is 19.9 Å². The van der Waals surface area contributed by atoms with E-state index in [-0.39, 0.29) is 24.0 Å². The van der Waals surface area contributed by atoms with Crippen LogP contribution in [0.5, 0.6) is 11.5 Å². The fourth-order valence-electron chi connectivity index (χ4n) is 1.39. The summed E-state index contributed by atoms with van der Waals surface area (Å²) in [5.41, 5.74) is 0.643. The number of benzene rings is 1. The Balaban J connectivity index is 2.31. The maximum absolute atomic E-state index is 11.4. The van der Waals surface area contributed by atoms with Crippen molar-refractivity contribution in [1.29, 1.82) is 0 Å². The molecule has 0 radical (unpaired) electrons. The highest BCUT2D eigenvalue weighted by atomic mass is 16.3. The minimum Gasteiger partial charge on any atom is -0.508 e. The van der Waals surface area contributed by atoms with Crippen LogP contribution in [0.2, 0.25) is 0 Å². The summed E-state index contributed by atoms with van der Waals surface area (Å²) in [6, 6.07) is 4.38. The molecular weight excluding hydrogens is 232 g/mol. The zero-order valence-corrected chi connectivity index (χ0v) is 10.7. The molecule has 0 spiro atoms. The van der Waals surface area contributed by atoms with Gasteiger partial charge in [0.2, 0.25) is 5.91 Å². The van der Waals surface area contributed by atoms with Crippen LogP contribution in [0.1, 0.15) is 19.4 Å². The molecule has 0 atom stereocenters. The second-order valence-electron chi connectivity index (χ2n) is 4.61. The number of hydrogen-bond donors (Lipinski definition) is 4. The normalized spacial score (nSPS) is 10.6. The van der Waals surface area contributed by atoms with Gasteiger partial charge in [0.05, 0.1) is 6.54 Å². The predicted octanol–water partition coefficient (Wildman–Crippen LogP) is 0.960. The first kappa shape index (κ1) is 14.3. The number of carbonyl (C=O) groups excluding carboxylic acids is 1. The minimum absolute atomic E-state index is 0.0186. The monoisotopic (exact) mass is 252 g/mol. The number of amides is 1. The first-order valence-electron chi connectivity index (χ1n) is 5.97. The summed E-state index contributed by atoms with van der Waals surface area (Å²) in [5.74, 6) is 0.396. The number of nitrogens with one attached hydrogen (secondary N) is 2. The molecule has 18 heavy (non-hydrogen) atoms. The lowest BCUT2D eigenvalue weighted by Gasteiger charge is -2.09. The van der Waals surface area contributed by atoms with E-state index in [0.29, 0.717) is 24.6 Å². The van der Waals surface area contributed by atoms with Gasteiger partial charge in [-0.05, 0) is 12.0 Å². The van der Waals surface area contributed by atoms with Crippen LogP contribution in [0, 0.1) is 5.92 Å². The van der Waals surface area contributed by atoms with E-state index in [1.54, 1.807) is 6.07 Å². The van der Waals surface area contributed by atoms with E-state index in [4.69, 9.17) is 5.11 Å². The molecule has 1 aromatic carbocycles. The standard InChI is InChI=1S/C13H20N2O3/c1-9(2)6-15-13(18)8-14-7-10-3-4-11(16)5-12(10)17/h3-5,9,14,16-17H,6-8H2,1-2H3,(H,15,18). The Hall–Kier alpha value is -1.75. The molecule has 0 saturated heterocycles. The Morgan fingerprint density at radius 2 is 2.06 bits per heavy atom. The zero-order valence-electron chi connectivity index (χ0n) is 10.7. The maximum Gasteiger partial charge on any atom is 0.233 e. The smallest absolute Gasteiger partial charge is 0.233 e. The molecule has 0 heterocycles. The van der Waals surface area contributed by atoms with E-state index in [9.17, 15) is 9.90 Å². The Labute approximate surface area is 107 Å². The SMILES string of the molecule is CC(C)CNC(=O)CNCc1ccc(O)cc1O. The summed E-state index contributed by atoms with van der Waals surface area (Å²) in [5, 5.41) is 24.4. The van der Waals surface area contributed by atoms with Crippen LogP contribution in [-0.2, 0) is 11.3 Å². The van der Waals surface area contributed by atoms with E-state index in [1.165, 1.54) is 12.1 Å². The number of carbonyl (C=O) groups is 1. The van der Waals surface area contributed by atoms with Crippen LogP contribution in [0.3, 0.4) is 0 Å². The predicted molar refractivity (Wildman–Crippen MR) is 69.3 cm³/mol. The Morgan fingerprint density at radius 1 is 1.33 bits per heavy atom. The molecule has 0 aliphatic rings. The largest absolute Gasteiger partial charge is 0.508 e. The number of rotatable bonds is 6. The molecule has 1 amide bonds. The third kappa shape index (κ3) is 5.05. The van der Waals surface area contributed by atoms with Gasteiger partial charge in [-0.2, -0.15) is 0 Å². The van der Waals surface area contributed by atoms with Crippen LogP contribution < -0.4 is 10.6 Å². The van der Waals surface area contributed by atoms with Crippen molar-refractivity contribution >= 4 is 5.91 Å². The summed E-state index contributed by atoms with van der Waals surface area (Å²) in [6.07, 6.45) is 0. The number of hydrogen-bond acceptors (Lipinski definition) is 4. The quantitative estimate of drug-likeness (QED) is 0.608. The van der Waals surface area contributed by atoms with Crippen molar-refractivity contribution in [3.05, 3.63) is 23.8 Å². The highest BCUT2D eigenvalue weighted by Gasteiger charge is 2.04. The van der Waals surface area contributed by atoms with E-state index >= 15 is 0 Å². The number of phenolic OH excluding ortho intramolecular Hbond substituents is 2. The third-order valence-corrected chi connectivity index (χ3v) is 2.38.